The third-order valence-corrected chi connectivity index (χ3v) is 5.75. The fourth-order valence-electron chi connectivity index (χ4n) is 4.36. The highest BCUT2D eigenvalue weighted by molar-refractivity contribution is 6.30. The zero-order valence-electron chi connectivity index (χ0n) is 14.0. The number of hydrogen-bond acceptors (Lipinski definition) is 2. The summed E-state index contributed by atoms with van der Waals surface area (Å²) in [4.78, 5) is 15.4. The molecule has 2 aliphatic rings. The lowest BCUT2D eigenvalue weighted by Gasteiger charge is -2.32. The van der Waals surface area contributed by atoms with Crippen molar-refractivity contribution in [1.29, 1.82) is 0 Å². The van der Waals surface area contributed by atoms with E-state index >= 15 is 0 Å². The van der Waals surface area contributed by atoms with E-state index in [2.05, 4.69) is 16.3 Å². The molecule has 3 nitrogen and oxygen atoms in total. The molecular formula is C19H27ClN2O. The van der Waals surface area contributed by atoms with Gasteiger partial charge in [0.05, 0.1) is 5.41 Å². The van der Waals surface area contributed by atoms with Crippen molar-refractivity contribution in [2.45, 2.75) is 38.5 Å². The quantitative estimate of drug-likeness (QED) is 0.893. The van der Waals surface area contributed by atoms with Gasteiger partial charge in [-0.25, -0.2) is 0 Å². The molecule has 0 spiro atoms. The van der Waals surface area contributed by atoms with Crippen LogP contribution in [0.4, 0.5) is 0 Å². The van der Waals surface area contributed by atoms with E-state index in [4.69, 9.17) is 11.6 Å². The van der Waals surface area contributed by atoms with Crippen molar-refractivity contribution < 1.29 is 4.79 Å². The van der Waals surface area contributed by atoms with Crippen LogP contribution in [0.25, 0.3) is 0 Å². The van der Waals surface area contributed by atoms with Crippen molar-refractivity contribution in [3.05, 3.63) is 34.9 Å². The van der Waals surface area contributed by atoms with Gasteiger partial charge in [0, 0.05) is 18.1 Å². The number of hydrogen-bond donors (Lipinski definition) is 1. The molecule has 1 heterocycles. The molecule has 1 aliphatic carbocycles. The molecule has 3 rings (SSSR count). The fraction of sp³-hybridized carbons (Fsp3) is 0.632. The summed E-state index contributed by atoms with van der Waals surface area (Å²) in [7, 11) is 1.99. The van der Waals surface area contributed by atoms with Crippen molar-refractivity contribution in [2.24, 2.45) is 11.3 Å². The SMILES string of the molecule is CNCC1CCN(C(=O)C2(Cc3cccc(Cl)c3)CCCC2)C1. The first-order valence-electron chi connectivity index (χ1n) is 8.81. The first-order chi connectivity index (χ1) is 11.1. The van der Waals surface area contributed by atoms with E-state index in [1.54, 1.807) is 0 Å². The molecule has 1 aliphatic heterocycles. The van der Waals surface area contributed by atoms with Crippen LogP contribution < -0.4 is 5.32 Å². The van der Waals surface area contributed by atoms with Gasteiger partial charge in [-0.15, -0.1) is 0 Å². The van der Waals surface area contributed by atoms with Gasteiger partial charge < -0.3 is 10.2 Å². The topological polar surface area (TPSA) is 32.3 Å². The summed E-state index contributed by atoms with van der Waals surface area (Å²) >= 11 is 6.13. The maximum Gasteiger partial charge on any atom is 0.229 e. The Morgan fingerprint density at radius 2 is 2.17 bits per heavy atom. The molecule has 1 aromatic rings. The Hall–Kier alpha value is -1.06. The Bertz CT molecular complexity index is 554. The van der Waals surface area contributed by atoms with Gasteiger partial charge in [0.2, 0.25) is 5.91 Å². The van der Waals surface area contributed by atoms with Gasteiger partial charge in [0.25, 0.3) is 0 Å². The number of nitrogens with one attached hydrogen (secondary N) is 1. The molecular weight excluding hydrogens is 308 g/mol. The van der Waals surface area contributed by atoms with Crippen LogP contribution in [0.1, 0.15) is 37.7 Å². The summed E-state index contributed by atoms with van der Waals surface area (Å²) in [6, 6.07) is 8.01. The molecule has 0 radical (unpaired) electrons. The van der Waals surface area contributed by atoms with Gasteiger partial charge in [-0.1, -0.05) is 36.6 Å². The first kappa shape index (κ1) is 16.8. The Morgan fingerprint density at radius 1 is 1.39 bits per heavy atom. The smallest absolute Gasteiger partial charge is 0.229 e. The van der Waals surface area contributed by atoms with E-state index < -0.39 is 0 Å². The third kappa shape index (κ3) is 3.72. The lowest BCUT2D eigenvalue weighted by Crippen LogP contribution is -2.43. The third-order valence-electron chi connectivity index (χ3n) is 5.51. The Labute approximate surface area is 144 Å². The lowest BCUT2D eigenvalue weighted by atomic mass is 9.78. The zero-order valence-corrected chi connectivity index (χ0v) is 14.7. The van der Waals surface area contributed by atoms with Crippen molar-refractivity contribution in [1.82, 2.24) is 10.2 Å². The molecule has 1 saturated heterocycles. The van der Waals surface area contributed by atoms with Crippen molar-refractivity contribution in [3.8, 4) is 0 Å². The molecule has 1 aromatic carbocycles. The average Bonchev–Trinajstić information content (AvgIpc) is 3.17. The van der Waals surface area contributed by atoms with Gasteiger partial charge in [-0.3, -0.25) is 4.79 Å². The number of halogens is 1. The molecule has 0 bridgehead atoms. The van der Waals surface area contributed by atoms with E-state index in [0.29, 0.717) is 11.8 Å². The number of likely N-dealkylation sites (tertiary alicyclic amines) is 1. The maximum absolute atomic E-state index is 13.3. The van der Waals surface area contributed by atoms with Crippen LogP contribution >= 0.6 is 11.6 Å². The predicted molar refractivity (Wildman–Crippen MR) is 94.7 cm³/mol. The highest BCUT2D eigenvalue weighted by Crippen LogP contribution is 2.43. The minimum Gasteiger partial charge on any atom is -0.342 e. The molecule has 1 unspecified atom stereocenters. The van der Waals surface area contributed by atoms with E-state index in [0.717, 1.165) is 50.3 Å². The lowest BCUT2D eigenvalue weighted by molar-refractivity contribution is -0.141. The van der Waals surface area contributed by atoms with Gasteiger partial charge >= 0.3 is 0 Å². The van der Waals surface area contributed by atoms with Crippen molar-refractivity contribution in [3.63, 3.8) is 0 Å². The molecule has 126 valence electrons. The average molecular weight is 335 g/mol. The summed E-state index contributed by atoms with van der Waals surface area (Å²) in [6.45, 7) is 2.84. The number of carbonyl (C=O) groups is 1. The summed E-state index contributed by atoms with van der Waals surface area (Å²) in [6.07, 6.45) is 6.33. The standard InChI is InChI=1S/C19H27ClN2O/c1-21-13-16-7-10-22(14-16)18(23)19(8-2-3-9-19)12-15-5-4-6-17(20)11-15/h4-6,11,16,21H,2-3,7-10,12-14H2,1H3. The van der Waals surface area contributed by atoms with Crippen LogP contribution in [0.15, 0.2) is 24.3 Å². The molecule has 4 heteroatoms. The maximum atomic E-state index is 13.3. The molecule has 0 aromatic heterocycles. The fourth-order valence-corrected chi connectivity index (χ4v) is 4.58. The highest BCUT2D eigenvalue weighted by atomic mass is 35.5. The number of rotatable bonds is 5. The molecule has 1 atom stereocenters. The minimum atomic E-state index is -0.195. The number of amides is 1. The van der Waals surface area contributed by atoms with Gasteiger partial charge in [0.15, 0.2) is 0 Å². The summed E-state index contributed by atoms with van der Waals surface area (Å²) in [5, 5.41) is 4.00. The van der Waals surface area contributed by atoms with Crippen molar-refractivity contribution in [2.75, 3.05) is 26.7 Å². The molecule has 1 amide bonds. The largest absolute Gasteiger partial charge is 0.342 e. The second kappa shape index (κ2) is 7.23. The number of carbonyl (C=O) groups excluding carboxylic acids is 1. The van der Waals surface area contributed by atoms with E-state index in [9.17, 15) is 4.79 Å². The molecule has 23 heavy (non-hydrogen) atoms. The number of nitrogens with zero attached hydrogens (tertiary/aromatic N) is 1. The van der Waals surface area contributed by atoms with Gasteiger partial charge in [-0.05, 0) is 62.9 Å². The van der Waals surface area contributed by atoms with Crippen LogP contribution in [-0.4, -0.2) is 37.5 Å². The van der Waals surface area contributed by atoms with Crippen LogP contribution in [0.3, 0.4) is 0 Å². The van der Waals surface area contributed by atoms with Crippen molar-refractivity contribution >= 4 is 17.5 Å². The van der Waals surface area contributed by atoms with Crippen LogP contribution in [0, 0.1) is 11.3 Å². The Balaban J connectivity index is 1.74. The van der Waals surface area contributed by atoms with Crippen LogP contribution in [0.2, 0.25) is 5.02 Å². The molecule has 2 fully saturated rings. The van der Waals surface area contributed by atoms with Crippen LogP contribution in [-0.2, 0) is 11.2 Å². The molecule has 1 N–H and O–H groups in total. The predicted octanol–water partition coefficient (Wildman–Crippen LogP) is 3.51. The van der Waals surface area contributed by atoms with Gasteiger partial charge in [-0.2, -0.15) is 0 Å². The first-order valence-corrected chi connectivity index (χ1v) is 9.19. The number of benzene rings is 1. The summed E-state index contributed by atoms with van der Waals surface area (Å²) < 4.78 is 0. The van der Waals surface area contributed by atoms with Gasteiger partial charge in [0.1, 0.15) is 0 Å². The zero-order chi connectivity index (χ0) is 16.3. The Kier molecular flexibility index (Phi) is 5.27. The monoisotopic (exact) mass is 334 g/mol. The normalized spacial score (nSPS) is 23.4. The van der Waals surface area contributed by atoms with E-state index in [-0.39, 0.29) is 5.41 Å². The minimum absolute atomic E-state index is 0.195. The van der Waals surface area contributed by atoms with E-state index in [1.165, 1.54) is 18.4 Å². The molecule has 1 saturated carbocycles. The van der Waals surface area contributed by atoms with E-state index in [1.807, 2.05) is 25.2 Å². The second-order valence-corrected chi connectivity index (χ2v) is 7.69. The van der Waals surface area contributed by atoms with Crippen LogP contribution in [0.5, 0.6) is 0 Å². The second-order valence-electron chi connectivity index (χ2n) is 7.26. The summed E-state index contributed by atoms with van der Waals surface area (Å²) in [5.41, 5.74) is 0.998. The summed E-state index contributed by atoms with van der Waals surface area (Å²) in [5.74, 6) is 0.988. The highest BCUT2D eigenvalue weighted by Gasteiger charge is 2.44. The Morgan fingerprint density at radius 3 is 2.87 bits per heavy atom.